The van der Waals surface area contributed by atoms with Crippen molar-refractivity contribution in [2.24, 2.45) is 0 Å². The molecule has 1 aliphatic heterocycles. The van der Waals surface area contributed by atoms with Gasteiger partial charge in [-0.15, -0.1) is 0 Å². The van der Waals surface area contributed by atoms with Crippen LogP contribution in [0, 0.1) is 13.8 Å². The van der Waals surface area contributed by atoms with Gasteiger partial charge in [-0.25, -0.2) is 9.97 Å². The molecule has 0 spiro atoms. The number of nitrogens with zero attached hydrogens (tertiary/aromatic N) is 3. The number of ether oxygens (including phenoxy) is 2. The molecule has 23 heavy (non-hydrogen) atoms. The Bertz CT molecular complexity index is 650. The number of piperidine rings is 1. The lowest BCUT2D eigenvalue weighted by Crippen LogP contribution is -2.39. The highest BCUT2D eigenvalue weighted by molar-refractivity contribution is 5.34. The van der Waals surface area contributed by atoms with Crippen LogP contribution >= 0.6 is 0 Å². The van der Waals surface area contributed by atoms with E-state index in [1.165, 1.54) is 0 Å². The van der Waals surface area contributed by atoms with Gasteiger partial charge in [0, 0.05) is 37.8 Å². The molecule has 1 aromatic heterocycles. The van der Waals surface area contributed by atoms with Crippen LogP contribution in [-0.2, 0) is 0 Å². The van der Waals surface area contributed by atoms with E-state index in [0.29, 0.717) is 0 Å². The summed E-state index contributed by atoms with van der Waals surface area (Å²) in [4.78, 5) is 11.3. The van der Waals surface area contributed by atoms with Gasteiger partial charge in [0.15, 0.2) is 0 Å². The van der Waals surface area contributed by atoms with E-state index in [2.05, 4.69) is 14.9 Å². The van der Waals surface area contributed by atoms with E-state index >= 15 is 0 Å². The van der Waals surface area contributed by atoms with Crippen LogP contribution in [0.3, 0.4) is 0 Å². The first-order valence-corrected chi connectivity index (χ1v) is 8.01. The van der Waals surface area contributed by atoms with E-state index < -0.39 is 0 Å². The second-order valence-electron chi connectivity index (χ2n) is 5.92. The molecule has 5 heteroatoms. The van der Waals surface area contributed by atoms with Crippen LogP contribution in [0.1, 0.15) is 24.1 Å². The van der Waals surface area contributed by atoms with E-state index in [0.717, 1.165) is 54.6 Å². The van der Waals surface area contributed by atoms with Crippen LogP contribution in [0.5, 0.6) is 11.5 Å². The minimum absolute atomic E-state index is 0.242. The zero-order valence-electron chi connectivity index (χ0n) is 14.0. The number of benzene rings is 1. The Balaban J connectivity index is 1.56. The van der Waals surface area contributed by atoms with E-state index in [4.69, 9.17) is 9.47 Å². The summed E-state index contributed by atoms with van der Waals surface area (Å²) in [5.41, 5.74) is 2.18. The third-order valence-electron chi connectivity index (χ3n) is 4.30. The summed E-state index contributed by atoms with van der Waals surface area (Å²) < 4.78 is 11.2. The summed E-state index contributed by atoms with van der Waals surface area (Å²) in [6, 6.07) is 7.76. The molecule has 0 aliphatic carbocycles. The monoisotopic (exact) mass is 313 g/mol. The first kappa shape index (κ1) is 15.6. The molecule has 0 N–H and O–H groups in total. The average Bonchev–Trinajstić information content (AvgIpc) is 2.59. The van der Waals surface area contributed by atoms with Gasteiger partial charge in [-0.1, -0.05) is 0 Å². The first-order valence-electron chi connectivity index (χ1n) is 8.01. The molecule has 0 radical (unpaired) electrons. The molecule has 3 rings (SSSR count). The van der Waals surface area contributed by atoms with Crippen LogP contribution in [0.25, 0.3) is 0 Å². The molecule has 0 atom stereocenters. The SMILES string of the molecule is COc1ccc(OC2CCN(c3ncc(C)c(C)n3)CC2)cc1. The topological polar surface area (TPSA) is 47.5 Å². The summed E-state index contributed by atoms with van der Waals surface area (Å²) in [6.45, 7) is 5.90. The van der Waals surface area contributed by atoms with Gasteiger partial charge in [0.05, 0.1) is 7.11 Å². The van der Waals surface area contributed by atoms with E-state index in [1.54, 1.807) is 7.11 Å². The smallest absolute Gasteiger partial charge is 0.225 e. The van der Waals surface area contributed by atoms with Crippen LogP contribution in [0.15, 0.2) is 30.5 Å². The number of anilines is 1. The van der Waals surface area contributed by atoms with Gasteiger partial charge in [0.25, 0.3) is 0 Å². The standard InChI is InChI=1S/C18H23N3O2/c1-13-12-19-18(20-14(13)2)21-10-8-17(9-11-21)23-16-6-4-15(22-3)5-7-16/h4-7,12,17H,8-11H2,1-3H3. The predicted molar refractivity (Wildman–Crippen MR) is 90.4 cm³/mol. The number of hydrogen-bond acceptors (Lipinski definition) is 5. The molecule has 0 bridgehead atoms. The molecule has 5 nitrogen and oxygen atoms in total. The largest absolute Gasteiger partial charge is 0.497 e. The fourth-order valence-electron chi connectivity index (χ4n) is 2.69. The second kappa shape index (κ2) is 6.86. The maximum Gasteiger partial charge on any atom is 0.225 e. The minimum Gasteiger partial charge on any atom is -0.497 e. The number of rotatable bonds is 4. The van der Waals surface area contributed by atoms with Crippen LogP contribution in [-0.4, -0.2) is 36.3 Å². The highest BCUT2D eigenvalue weighted by atomic mass is 16.5. The quantitative estimate of drug-likeness (QED) is 0.868. The van der Waals surface area contributed by atoms with E-state index in [1.807, 2.05) is 44.3 Å². The van der Waals surface area contributed by atoms with Gasteiger partial charge >= 0.3 is 0 Å². The van der Waals surface area contributed by atoms with Crippen molar-refractivity contribution < 1.29 is 9.47 Å². The summed E-state index contributed by atoms with van der Waals surface area (Å²) in [5.74, 6) is 2.57. The Labute approximate surface area is 137 Å². The molecular formula is C18H23N3O2. The summed E-state index contributed by atoms with van der Waals surface area (Å²) in [6.07, 6.45) is 4.09. The third-order valence-corrected chi connectivity index (χ3v) is 4.30. The second-order valence-corrected chi connectivity index (χ2v) is 5.92. The van der Waals surface area contributed by atoms with Crippen molar-refractivity contribution in [2.45, 2.75) is 32.8 Å². The molecule has 2 aromatic rings. The molecule has 1 aromatic carbocycles. The van der Waals surface area contributed by atoms with Crippen LogP contribution < -0.4 is 14.4 Å². The van der Waals surface area contributed by atoms with E-state index in [9.17, 15) is 0 Å². The van der Waals surface area contributed by atoms with Gasteiger partial charge in [-0.3, -0.25) is 0 Å². The number of aromatic nitrogens is 2. The lowest BCUT2D eigenvalue weighted by Gasteiger charge is -2.32. The van der Waals surface area contributed by atoms with Crippen molar-refractivity contribution in [3.05, 3.63) is 41.7 Å². The Morgan fingerprint density at radius 2 is 1.70 bits per heavy atom. The molecule has 1 fully saturated rings. The van der Waals surface area contributed by atoms with Crippen LogP contribution in [0.4, 0.5) is 5.95 Å². The molecule has 0 unspecified atom stereocenters. The predicted octanol–water partition coefficient (Wildman–Crippen LogP) is 3.15. The van der Waals surface area contributed by atoms with Gasteiger partial charge in [0.2, 0.25) is 5.95 Å². The van der Waals surface area contributed by atoms with Crippen LogP contribution in [0.2, 0.25) is 0 Å². The number of aryl methyl sites for hydroxylation is 2. The van der Waals surface area contributed by atoms with Crippen molar-refractivity contribution in [3.8, 4) is 11.5 Å². The minimum atomic E-state index is 0.242. The average molecular weight is 313 g/mol. The van der Waals surface area contributed by atoms with Gasteiger partial charge in [-0.2, -0.15) is 0 Å². The Hall–Kier alpha value is -2.30. The maximum atomic E-state index is 6.06. The van der Waals surface area contributed by atoms with Crippen molar-refractivity contribution in [1.29, 1.82) is 0 Å². The molecule has 2 heterocycles. The van der Waals surface area contributed by atoms with E-state index in [-0.39, 0.29) is 6.10 Å². The summed E-state index contributed by atoms with van der Waals surface area (Å²) in [5, 5.41) is 0. The lowest BCUT2D eigenvalue weighted by molar-refractivity contribution is 0.170. The molecule has 122 valence electrons. The van der Waals surface area contributed by atoms with Crippen molar-refractivity contribution in [1.82, 2.24) is 9.97 Å². The third kappa shape index (κ3) is 3.73. The fourth-order valence-corrected chi connectivity index (χ4v) is 2.69. The lowest BCUT2D eigenvalue weighted by atomic mass is 10.1. The Morgan fingerprint density at radius 1 is 1.04 bits per heavy atom. The zero-order chi connectivity index (χ0) is 16.2. The normalized spacial score (nSPS) is 15.5. The Morgan fingerprint density at radius 3 is 2.30 bits per heavy atom. The fraction of sp³-hybridized carbons (Fsp3) is 0.444. The van der Waals surface area contributed by atoms with Crippen molar-refractivity contribution in [3.63, 3.8) is 0 Å². The first-order chi connectivity index (χ1) is 11.2. The molecule has 1 aliphatic rings. The number of methoxy groups -OCH3 is 1. The van der Waals surface area contributed by atoms with Crippen molar-refractivity contribution in [2.75, 3.05) is 25.1 Å². The van der Waals surface area contributed by atoms with Gasteiger partial charge in [0.1, 0.15) is 17.6 Å². The molecule has 0 saturated carbocycles. The highest BCUT2D eigenvalue weighted by Crippen LogP contribution is 2.23. The van der Waals surface area contributed by atoms with Gasteiger partial charge in [-0.05, 0) is 43.7 Å². The van der Waals surface area contributed by atoms with Crippen molar-refractivity contribution >= 4 is 5.95 Å². The molecule has 0 amide bonds. The highest BCUT2D eigenvalue weighted by Gasteiger charge is 2.22. The summed E-state index contributed by atoms with van der Waals surface area (Å²) in [7, 11) is 1.67. The Kier molecular flexibility index (Phi) is 4.65. The zero-order valence-corrected chi connectivity index (χ0v) is 14.0. The molecular weight excluding hydrogens is 290 g/mol. The number of hydrogen-bond donors (Lipinski definition) is 0. The summed E-state index contributed by atoms with van der Waals surface area (Å²) >= 11 is 0. The van der Waals surface area contributed by atoms with Gasteiger partial charge < -0.3 is 14.4 Å². The maximum absolute atomic E-state index is 6.06. The molecule has 1 saturated heterocycles.